The van der Waals surface area contributed by atoms with Gasteiger partial charge in [0.25, 0.3) is 0 Å². The summed E-state index contributed by atoms with van der Waals surface area (Å²) in [5, 5.41) is 2.67. The number of hydrogen-bond donors (Lipinski definition) is 2. The predicted octanol–water partition coefficient (Wildman–Crippen LogP) is 0.782. The number of likely N-dealkylation sites (tertiary alicyclic amines) is 1. The van der Waals surface area contributed by atoms with Gasteiger partial charge < -0.3 is 11.1 Å². The first-order valence-corrected chi connectivity index (χ1v) is 7.11. The highest BCUT2D eigenvalue weighted by atomic mass is 19.1. The Labute approximate surface area is 123 Å². The fourth-order valence-corrected chi connectivity index (χ4v) is 2.58. The van der Waals surface area contributed by atoms with Crippen LogP contribution in [0.3, 0.4) is 0 Å². The molecule has 1 aliphatic rings. The van der Waals surface area contributed by atoms with Gasteiger partial charge in [0, 0.05) is 12.1 Å². The molecule has 1 aliphatic heterocycles. The van der Waals surface area contributed by atoms with Gasteiger partial charge in [0.15, 0.2) is 0 Å². The van der Waals surface area contributed by atoms with Gasteiger partial charge in [-0.05, 0) is 25.5 Å². The molecule has 1 saturated heterocycles. The molecule has 0 unspecified atom stereocenters. The first-order valence-electron chi connectivity index (χ1n) is 7.11. The Morgan fingerprint density at radius 1 is 1.33 bits per heavy atom. The smallest absolute Gasteiger partial charge is 0.234 e. The van der Waals surface area contributed by atoms with E-state index in [2.05, 4.69) is 5.32 Å². The number of carbonyl (C=O) groups excluding carboxylic acids is 2. The molecule has 114 valence electrons. The minimum absolute atomic E-state index is 0.113. The SMILES string of the molecule is NC(=O)[C@H]1CCCCN1CC(=O)NCc1ccccc1F. The summed E-state index contributed by atoms with van der Waals surface area (Å²) in [5.74, 6) is -0.964. The van der Waals surface area contributed by atoms with Gasteiger partial charge in [-0.2, -0.15) is 0 Å². The second kappa shape index (κ2) is 7.17. The molecule has 0 spiro atoms. The maximum absolute atomic E-state index is 13.4. The second-order valence-corrected chi connectivity index (χ2v) is 5.25. The maximum atomic E-state index is 13.4. The molecule has 0 radical (unpaired) electrons. The lowest BCUT2D eigenvalue weighted by Gasteiger charge is -2.32. The summed E-state index contributed by atoms with van der Waals surface area (Å²) >= 11 is 0. The molecule has 1 heterocycles. The summed E-state index contributed by atoms with van der Waals surface area (Å²) in [4.78, 5) is 25.1. The van der Waals surface area contributed by atoms with Gasteiger partial charge in [-0.3, -0.25) is 14.5 Å². The lowest BCUT2D eigenvalue weighted by atomic mass is 10.0. The van der Waals surface area contributed by atoms with Crippen molar-refractivity contribution in [3.8, 4) is 0 Å². The van der Waals surface area contributed by atoms with Crippen molar-refractivity contribution in [2.45, 2.75) is 31.8 Å². The maximum Gasteiger partial charge on any atom is 0.234 e. The van der Waals surface area contributed by atoms with Crippen molar-refractivity contribution >= 4 is 11.8 Å². The van der Waals surface area contributed by atoms with Gasteiger partial charge in [-0.1, -0.05) is 24.6 Å². The number of hydrogen-bond acceptors (Lipinski definition) is 3. The fraction of sp³-hybridized carbons (Fsp3) is 0.467. The number of rotatable bonds is 5. The Balaban J connectivity index is 1.86. The zero-order valence-electron chi connectivity index (χ0n) is 11.8. The van der Waals surface area contributed by atoms with E-state index in [1.54, 1.807) is 23.1 Å². The minimum Gasteiger partial charge on any atom is -0.368 e. The van der Waals surface area contributed by atoms with Gasteiger partial charge in [-0.15, -0.1) is 0 Å². The Morgan fingerprint density at radius 2 is 2.10 bits per heavy atom. The highest BCUT2D eigenvalue weighted by molar-refractivity contribution is 5.82. The molecule has 0 saturated carbocycles. The summed E-state index contributed by atoms with van der Waals surface area (Å²) in [5.41, 5.74) is 5.80. The number of piperidine rings is 1. The quantitative estimate of drug-likeness (QED) is 0.842. The standard InChI is InChI=1S/C15H20FN3O2/c16-12-6-2-1-5-11(12)9-18-14(20)10-19-8-4-3-7-13(19)15(17)21/h1-2,5-6,13H,3-4,7-10H2,(H2,17,21)(H,18,20)/t13-/m1/s1. The largest absolute Gasteiger partial charge is 0.368 e. The molecule has 3 N–H and O–H groups in total. The van der Waals surface area contributed by atoms with Crippen LogP contribution in [0.25, 0.3) is 0 Å². The van der Waals surface area contributed by atoms with Crippen LogP contribution in [0.1, 0.15) is 24.8 Å². The van der Waals surface area contributed by atoms with Crippen molar-refractivity contribution in [3.05, 3.63) is 35.6 Å². The van der Waals surface area contributed by atoms with Crippen LogP contribution in [-0.2, 0) is 16.1 Å². The molecule has 0 aliphatic carbocycles. The summed E-state index contributed by atoms with van der Waals surface area (Å²) in [7, 11) is 0. The lowest BCUT2D eigenvalue weighted by molar-refractivity contribution is -0.128. The normalized spacial score (nSPS) is 19.2. The van der Waals surface area contributed by atoms with Crippen molar-refractivity contribution < 1.29 is 14.0 Å². The number of primary amides is 1. The molecule has 1 aromatic carbocycles. The number of halogens is 1. The Kier molecular flexibility index (Phi) is 5.27. The van der Waals surface area contributed by atoms with Crippen LogP contribution in [0.4, 0.5) is 4.39 Å². The van der Waals surface area contributed by atoms with E-state index >= 15 is 0 Å². The molecule has 1 fully saturated rings. The van der Waals surface area contributed by atoms with Gasteiger partial charge in [-0.25, -0.2) is 4.39 Å². The summed E-state index contributed by atoms with van der Waals surface area (Å²) in [6.07, 6.45) is 2.58. The number of nitrogens with one attached hydrogen (secondary N) is 1. The third kappa shape index (κ3) is 4.26. The number of carbonyl (C=O) groups is 2. The summed E-state index contributed by atoms with van der Waals surface area (Å²) < 4.78 is 13.4. The minimum atomic E-state index is -0.392. The topological polar surface area (TPSA) is 75.4 Å². The average molecular weight is 293 g/mol. The van der Waals surface area contributed by atoms with Crippen molar-refractivity contribution in [2.75, 3.05) is 13.1 Å². The Morgan fingerprint density at radius 3 is 2.81 bits per heavy atom. The zero-order chi connectivity index (χ0) is 15.2. The van der Waals surface area contributed by atoms with E-state index in [0.717, 1.165) is 12.8 Å². The molecule has 5 nitrogen and oxygen atoms in total. The molecule has 2 rings (SSSR count). The molecule has 21 heavy (non-hydrogen) atoms. The van der Waals surface area contributed by atoms with Gasteiger partial charge in [0.2, 0.25) is 11.8 Å². The molecule has 2 amide bonds. The highest BCUT2D eigenvalue weighted by Crippen LogP contribution is 2.16. The zero-order valence-corrected chi connectivity index (χ0v) is 11.8. The van der Waals surface area contributed by atoms with Gasteiger partial charge in [0.05, 0.1) is 12.6 Å². The monoisotopic (exact) mass is 293 g/mol. The third-order valence-corrected chi connectivity index (χ3v) is 3.72. The molecular formula is C15H20FN3O2. The third-order valence-electron chi connectivity index (χ3n) is 3.72. The van der Waals surface area contributed by atoms with Crippen molar-refractivity contribution in [1.29, 1.82) is 0 Å². The van der Waals surface area contributed by atoms with Crippen LogP contribution in [0, 0.1) is 5.82 Å². The second-order valence-electron chi connectivity index (χ2n) is 5.25. The first-order chi connectivity index (χ1) is 10.1. The van der Waals surface area contributed by atoms with E-state index < -0.39 is 5.91 Å². The van der Waals surface area contributed by atoms with Gasteiger partial charge in [0.1, 0.15) is 5.82 Å². The average Bonchev–Trinajstić information content (AvgIpc) is 2.47. The van der Waals surface area contributed by atoms with Crippen LogP contribution in [0.2, 0.25) is 0 Å². The van der Waals surface area contributed by atoms with Crippen LogP contribution in [0.15, 0.2) is 24.3 Å². The van der Waals surface area contributed by atoms with Crippen LogP contribution in [-0.4, -0.2) is 35.8 Å². The van der Waals surface area contributed by atoms with E-state index in [0.29, 0.717) is 18.5 Å². The number of nitrogens with two attached hydrogens (primary N) is 1. The van der Waals surface area contributed by atoms with E-state index in [1.165, 1.54) is 6.07 Å². The fourth-order valence-electron chi connectivity index (χ4n) is 2.58. The Hall–Kier alpha value is -1.95. The molecule has 1 atom stereocenters. The van der Waals surface area contributed by atoms with Crippen molar-refractivity contribution in [2.24, 2.45) is 5.73 Å². The highest BCUT2D eigenvalue weighted by Gasteiger charge is 2.28. The Bertz CT molecular complexity index is 521. The molecule has 0 aromatic heterocycles. The van der Waals surface area contributed by atoms with Crippen LogP contribution >= 0.6 is 0 Å². The summed E-state index contributed by atoms with van der Waals surface area (Å²) in [6.45, 7) is 0.934. The predicted molar refractivity (Wildman–Crippen MR) is 76.7 cm³/mol. The molecule has 0 bridgehead atoms. The van der Waals surface area contributed by atoms with Gasteiger partial charge >= 0.3 is 0 Å². The molecule has 6 heteroatoms. The van der Waals surface area contributed by atoms with E-state index in [-0.39, 0.29) is 30.9 Å². The van der Waals surface area contributed by atoms with E-state index in [1.807, 2.05) is 0 Å². The summed E-state index contributed by atoms with van der Waals surface area (Å²) in [6, 6.07) is 5.93. The lowest BCUT2D eigenvalue weighted by Crippen LogP contribution is -2.51. The number of benzene rings is 1. The van der Waals surface area contributed by atoms with E-state index in [4.69, 9.17) is 5.73 Å². The number of nitrogens with zero attached hydrogens (tertiary/aromatic N) is 1. The number of amides is 2. The first kappa shape index (κ1) is 15.4. The molecular weight excluding hydrogens is 273 g/mol. The molecule has 1 aromatic rings. The van der Waals surface area contributed by atoms with Crippen molar-refractivity contribution in [3.63, 3.8) is 0 Å². The van der Waals surface area contributed by atoms with E-state index in [9.17, 15) is 14.0 Å². The van der Waals surface area contributed by atoms with Crippen LogP contribution < -0.4 is 11.1 Å². The van der Waals surface area contributed by atoms with Crippen molar-refractivity contribution in [1.82, 2.24) is 10.2 Å². The van der Waals surface area contributed by atoms with Crippen LogP contribution in [0.5, 0.6) is 0 Å².